The summed E-state index contributed by atoms with van der Waals surface area (Å²) < 4.78 is 0. The number of aliphatic hydroxyl groups is 1. The summed E-state index contributed by atoms with van der Waals surface area (Å²) in [5, 5.41) is 12.0. The Morgan fingerprint density at radius 2 is 2.00 bits per heavy atom. The summed E-state index contributed by atoms with van der Waals surface area (Å²) >= 11 is 0. The molecule has 0 saturated heterocycles. The van der Waals surface area contributed by atoms with E-state index in [2.05, 4.69) is 5.32 Å². The zero-order valence-electron chi connectivity index (χ0n) is 9.66. The Hall–Kier alpha value is -1.39. The molecular formula is C12H18N2O2. The Balaban J connectivity index is 2.89. The predicted octanol–water partition coefficient (Wildman–Crippen LogP) is 0.854. The second-order valence-electron chi connectivity index (χ2n) is 4.18. The van der Waals surface area contributed by atoms with Crippen LogP contribution in [0.4, 0.5) is 5.69 Å². The minimum Gasteiger partial charge on any atom is -0.395 e. The van der Waals surface area contributed by atoms with Crippen LogP contribution in [-0.2, 0) is 10.2 Å². The summed E-state index contributed by atoms with van der Waals surface area (Å²) in [5.74, 6) is -0.100. The zero-order chi connectivity index (χ0) is 12.2. The normalized spacial score (nSPS) is 14.2. The van der Waals surface area contributed by atoms with Crippen LogP contribution in [0, 0.1) is 0 Å². The van der Waals surface area contributed by atoms with E-state index in [1.165, 1.54) is 6.92 Å². The first-order valence-corrected chi connectivity index (χ1v) is 5.21. The molecule has 0 bridgehead atoms. The standard InChI is InChI=1S/C12H18N2O2/c1-9(16)14-11-5-3-10(4-6-11)12(2,7-13)8-15/h3-6,15H,7-8,13H2,1-2H3,(H,14,16). The third kappa shape index (κ3) is 2.81. The van der Waals surface area contributed by atoms with Gasteiger partial charge in [-0.3, -0.25) is 4.79 Å². The van der Waals surface area contributed by atoms with Crippen molar-refractivity contribution in [3.63, 3.8) is 0 Å². The number of anilines is 1. The Morgan fingerprint density at radius 1 is 1.44 bits per heavy atom. The van der Waals surface area contributed by atoms with E-state index in [-0.39, 0.29) is 12.5 Å². The number of nitrogens with two attached hydrogens (primary N) is 1. The molecule has 1 rings (SSSR count). The molecule has 88 valence electrons. The molecule has 0 radical (unpaired) electrons. The number of nitrogens with one attached hydrogen (secondary N) is 1. The number of hydrogen-bond donors (Lipinski definition) is 3. The SMILES string of the molecule is CC(=O)Nc1ccc(C(C)(CN)CO)cc1. The van der Waals surface area contributed by atoms with Gasteiger partial charge in [0.25, 0.3) is 0 Å². The van der Waals surface area contributed by atoms with E-state index in [1.54, 1.807) is 12.1 Å². The number of rotatable bonds is 4. The molecule has 0 heterocycles. The fourth-order valence-electron chi connectivity index (χ4n) is 1.43. The van der Waals surface area contributed by atoms with Crippen molar-refractivity contribution in [2.45, 2.75) is 19.3 Å². The Kier molecular flexibility index (Phi) is 4.04. The maximum atomic E-state index is 10.8. The lowest BCUT2D eigenvalue weighted by Crippen LogP contribution is -2.35. The van der Waals surface area contributed by atoms with Gasteiger partial charge in [-0.05, 0) is 17.7 Å². The van der Waals surface area contributed by atoms with Crippen molar-refractivity contribution in [3.05, 3.63) is 29.8 Å². The molecule has 0 aliphatic heterocycles. The van der Waals surface area contributed by atoms with E-state index in [9.17, 15) is 9.90 Å². The summed E-state index contributed by atoms with van der Waals surface area (Å²) in [7, 11) is 0. The third-order valence-corrected chi connectivity index (χ3v) is 2.70. The van der Waals surface area contributed by atoms with E-state index in [0.717, 1.165) is 11.3 Å². The number of carbonyl (C=O) groups is 1. The first-order chi connectivity index (χ1) is 7.51. The molecule has 1 unspecified atom stereocenters. The molecule has 4 heteroatoms. The lowest BCUT2D eigenvalue weighted by molar-refractivity contribution is -0.114. The molecule has 1 amide bonds. The van der Waals surface area contributed by atoms with Crippen LogP contribution in [-0.4, -0.2) is 24.2 Å². The Labute approximate surface area is 95.5 Å². The smallest absolute Gasteiger partial charge is 0.221 e. The van der Waals surface area contributed by atoms with E-state index in [0.29, 0.717) is 6.54 Å². The van der Waals surface area contributed by atoms with Crippen molar-refractivity contribution in [2.24, 2.45) is 5.73 Å². The highest BCUT2D eigenvalue weighted by Crippen LogP contribution is 2.23. The van der Waals surface area contributed by atoms with E-state index in [4.69, 9.17) is 5.73 Å². The first kappa shape index (κ1) is 12.7. The minimum absolute atomic E-state index is 0.00296. The van der Waals surface area contributed by atoms with Crippen LogP contribution in [0.3, 0.4) is 0 Å². The van der Waals surface area contributed by atoms with Gasteiger partial charge in [0, 0.05) is 24.6 Å². The van der Waals surface area contributed by atoms with Crippen molar-refractivity contribution in [3.8, 4) is 0 Å². The van der Waals surface area contributed by atoms with Gasteiger partial charge < -0.3 is 16.2 Å². The van der Waals surface area contributed by atoms with Gasteiger partial charge in [-0.1, -0.05) is 19.1 Å². The predicted molar refractivity (Wildman–Crippen MR) is 64.2 cm³/mol. The fraction of sp³-hybridized carbons (Fsp3) is 0.417. The van der Waals surface area contributed by atoms with Crippen LogP contribution >= 0.6 is 0 Å². The van der Waals surface area contributed by atoms with E-state index >= 15 is 0 Å². The number of aliphatic hydroxyl groups excluding tert-OH is 1. The molecule has 1 aromatic rings. The van der Waals surface area contributed by atoms with Gasteiger partial charge in [-0.2, -0.15) is 0 Å². The Morgan fingerprint density at radius 3 is 2.38 bits per heavy atom. The fourth-order valence-corrected chi connectivity index (χ4v) is 1.43. The highest BCUT2D eigenvalue weighted by atomic mass is 16.3. The quantitative estimate of drug-likeness (QED) is 0.707. The summed E-state index contributed by atoms with van der Waals surface area (Å²) in [6.07, 6.45) is 0. The van der Waals surface area contributed by atoms with Gasteiger partial charge in [0.15, 0.2) is 0 Å². The van der Waals surface area contributed by atoms with Crippen molar-refractivity contribution in [1.82, 2.24) is 0 Å². The molecule has 0 fully saturated rings. The molecule has 0 aliphatic rings. The van der Waals surface area contributed by atoms with E-state index < -0.39 is 5.41 Å². The number of amides is 1. The van der Waals surface area contributed by atoms with Crippen LogP contribution in [0.25, 0.3) is 0 Å². The molecule has 0 aliphatic carbocycles. The molecular weight excluding hydrogens is 204 g/mol. The molecule has 0 saturated carbocycles. The van der Waals surface area contributed by atoms with Crippen molar-refractivity contribution >= 4 is 11.6 Å². The molecule has 16 heavy (non-hydrogen) atoms. The zero-order valence-corrected chi connectivity index (χ0v) is 9.66. The topological polar surface area (TPSA) is 75.4 Å². The third-order valence-electron chi connectivity index (χ3n) is 2.70. The lowest BCUT2D eigenvalue weighted by atomic mass is 9.83. The van der Waals surface area contributed by atoms with Gasteiger partial charge >= 0.3 is 0 Å². The van der Waals surface area contributed by atoms with Crippen LogP contribution < -0.4 is 11.1 Å². The second kappa shape index (κ2) is 5.09. The average molecular weight is 222 g/mol. The Bertz CT molecular complexity index is 356. The first-order valence-electron chi connectivity index (χ1n) is 5.21. The number of carbonyl (C=O) groups excluding carboxylic acids is 1. The van der Waals surface area contributed by atoms with Crippen LogP contribution in [0.15, 0.2) is 24.3 Å². The van der Waals surface area contributed by atoms with Gasteiger partial charge in [0.05, 0.1) is 6.61 Å². The molecule has 1 aromatic carbocycles. The average Bonchev–Trinajstić information content (AvgIpc) is 2.28. The summed E-state index contributed by atoms with van der Waals surface area (Å²) in [4.78, 5) is 10.8. The largest absolute Gasteiger partial charge is 0.395 e. The molecule has 0 spiro atoms. The van der Waals surface area contributed by atoms with Gasteiger partial charge in [0.2, 0.25) is 5.91 Å². The molecule has 0 aromatic heterocycles. The maximum Gasteiger partial charge on any atom is 0.221 e. The highest BCUT2D eigenvalue weighted by molar-refractivity contribution is 5.88. The van der Waals surface area contributed by atoms with Gasteiger partial charge in [-0.15, -0.1) is 0 Å². The monoisotopic (exact) mass is 222 g/mol. The summed E-state index contributed by atoms with van der Waals surface area (Å²) in [5.41, 5.74) is 6.93. The lowest BCUT2D eigenvalue weighted by Gasteiger charge is -2.26. The second-order valence-corrected chi connectivity index (χ2v) is 4.18. The molecule has 4 N–H and O–H groups in total. The molecule has 4 nitrogen and oxygen atoms in total. The van der Waals surface area contributed by atoms with Gasteiger partial charge in [-0.25, -0.2) is 0 Å². The van der Waals surface area contributed by atoms with Crippen molar-refractivity contribution in [2.75, 3.05) is 18.5 Å². The van der Waals surface area contributed by atoms with Crippen LogP contribution in [0.1, 0.15) is 19.4 Å². The summed E-state index contributed by atoms with van der Waals surface area (Å²) in [6, 6.07) is 7.35. The van der Waals surface area contributed by atoms with Crippen LogP contribution in [0.2, 0.25) is 0 Å². The number of hydrogen-bond acceptors (Lipinski definition) is 3. The van der Waals surface area contributed by atoms with Crippen molar-refractivity contribution in [1.29, 1.82) is 0 Å². The maximum absolute atomic E-state index is 10.8. The van der Waals surface area contributed by atoms with E-state index in [1.807, 2.05) is 19.1 Å². The highest BCUT2D eigenvalue weighted by Gasteiger charge is 2.23. The summed E-state index contributed by atoms with van der Waals surface area (Å²) in [6.45, 7) is 3.75. The minimum atomic E-state index is -0.422. The van der Waals surface area contributed by atoms with Crippen molar-refractivity contribution < 1.29 is 9.90 Å². The number of benzene rings is 1. The molecule has 1 atom stereocenters. The van der Waals surface area contributed by atoms with Crippen LogP contribution in [0.5, 0.6) is 0 Å². The van der Waals surface area contributed by atoms with Gasteiger partial charge in [0.1, 0.15) is 0 Å².